The van der Waals surface area contributed by atoms with Gasteiger partial charge in [-0.2, -0.15) is 0 Å². The Morgan fingerprint density at radius 1 is 1.63 bits per heavy atom. The molecule has 4 N–H and O–H groups in total. The van der Waals surface area contributed by atoms with E-state index in [1.54, 1.807) is 32.4 Å². The summed E-state index contributed by atoms with van der Waals surface area (Å²) in [6, 6.07) is 3.08. The Morgan fingerprint density at radius 3 is 3.00 bits per heavy atom. The number of amides is 1. The minimum atomic E-state index is -0.376. The molecule has 0 aliphatic carbocycles. The number of nitrogens with zero attached hydrogens (tertiary/aromatic N) is 1. The third-order valence-corrected chi connectivity index (χ3v) is 2.60. The van der Waals surface area contributed by atoms with Gasteiger partial charge in [0.2, 0.25) is 5.91 Å². The van der Waals surface area contributed by atoms with E-state index in [1.807, 2.05) is 0 Å². The van der Waals surface area contributed by atoms with Crippen LogP contribution in [0.4, 0.5) is 5.69 Å². The Balaban J connectivity index is 2.56. The third kappa shape index (κ3) is 5.19. The van der Waals surface area contributed by atoms with Crippen LogP contribution in [-0.2, 0) is 9.53 Å². The minimum Gasteiger partial charge on any atom is -0.388 e. The molecule has 0 fully saturated rings. The molecule has 6 nitrogen and oxygen atoms in total. The van der Waals surface area contributed by atoms with Gasteiger partial charge in [-0.05, 0) is 19.1 Å². The maximum absolute atomic E-state index is 11.7. The molecule has 1 aromatic rings. The number of hydrogen-bond donors (Lipinski definition) is 3. The van der Waals surface area contributed by atoms with Gasteiger partial charge in [-0.25, -0.2) is 0 Å². The van der Waals surface area contributed by atoms with Gasteiger partial charge in [0.05, 0.1) is 12.3 Å². The van der Waals surface area contributed by atoms with Crippen molar-refractivity contribution < 1.29 is 9.53 Å². The van der Waals surface area contributed by atoms with Crippen molar-refractivity contribution in [3.05, 3.63) is 24.0 Å². The van der Waals surface area contributed by atoms with E-state index in [1.165, 1.54) is 0 Å². The van der Waals surface area contributed by atoms with Crippen molar-refractivity contribution in [3.8, 4) is 0 Å². The van der Waals surface area contributed by atoms with Gasteiger partial charge in [-0.3, -0.25) is 9.78 Å². The highest BCUT2D eigenvalue weighted by Crippen LogP contribution is 2.09. The number of pyridine rings is 1. The van der Waals surface area contributed by atoms with Crippen LogP contribution in [0.1, 0.15) is 12.6 Å². The van der Waals surface area contributed by atoms with Gasteiger partial charge in [-0.15, -0.1) is 0 Å². The summed E-state index contributed by atoms with van der Waals surface area (Å²) in [4.78, 5) is 16.0. The highest BCUT2D eigenvalue weighted by Gasteiger charge is 2.12. The lowest BCUT2D eigenvalue weighted by atomic mass is 10.2. The monoisotopic (exact) mass is 282 g/mol. The fourth-order valence-electron chi connectivity index (χ4n) is 1.40. The highest BCUT2D eigenvalue weighted by molar-refractivity contribution is 7.80. The number of hydrogen-bond acceptors (Lipinski definition) is 5. The number of rotatable bonds is 7. The number of nitrogens with one attached hydrogen (secondary N) is 2. The Labute approximate surface area is 117 Å². The SMILES string of the molecule is COCCNC(=O)C(C)Nc1ccnc(C(N)=S)c1. The Hall–Kier alpha value is -1.73. The Morgan fingerprint density at radius 2 is 2.37 bits per heavy atom. The number of ether oxygens (including phenoxy) is 1. The van der Waals surface area contributed by atoms with Gasteiger partial charge < -0.3 is 21.1 Å². The molecular formula is C12H18N4O2S. The van der Waals surface area contributed by atoms with E-state index >= 15 is 0 Å². The van der Waals surface area contributed by atoms with Crippen molar-refractivity contribution in [1.29, 1.82) is 0 Å². The van der Waals surface area contributed by atoms with Crippen LogP contribution in [0.5, 0.6) is 0 Å². The molecule has 0 aliphatic rings. The summed E-state index contributed by atoms with van der Waals surface area (Å²) >= 11 is 4.85. The zero-order valence-electron chi connectivity index (χ0n) is 11.0. The lowest BCUT2D eigenvalue weighted by Crippen LogP contribution is -2.39. The van der Waals surface area contributed by atoms with Crippen molar-refractivity contribution in [1.82, 2.24) is 10.3 Å². The van der Waals surface area contributed by atoms with Gasteiger partial charge in [0.15, 0.2) is 0 Å². The normalized spacial score (nSPS) is 11.7. The van der Waals surface area contributed by atoms with E-state index in [2.05, 4.69) is 15.6 Å². The predicted octanol–water partition coefficient (Wildman–Crippen LogP) is 0.279. The van der Waals surface area contributed by atoms with Crippen molar-refractivity contribution in [2.24, 2.45) is 5.73 Å². The quantitative estimate of drug-likeness (QED) is 0.492. The van der Waals surface area contributed by atoms with E-state index in [-0.39, 0.29) is 16.9 Å². The molecule has 0 radical (unpaired) electrons. The first-order valence-electron chi connectivity index (χ1n) is 5.83. The van der Waals surface area contributed by atoms with Gasteiger partial charge in [-0.1, -0.05) is 12.2 Å². The molecule has 0 aliphatic heterocycles. The molecule has 7 heteroatoms. The van der Waals surface area contributed by atoms with Crippen molar-refractivity contribution in [2.45, 2.75) is 13.0 Å². The third-order valence-electron chi connectivity index (χ3n) is 2.39. The van der Waals surface area contributed by atoms with Gasteiger partial charge in [0.1, 0.15) is 11.0 Å². The van der Waals surface area contributed by atoms with Crippen molar-refractivity contribution in [2.75, 3.05) is 25.6 Å². The lowest BCUT2D eigenvalue weighted by molar-refractivity contribution is -0.121. The summed E-state index contributed by atoms with van der Waals surface area (Å²) < 4.78 is 4.86. The molecule has 104 valence electrons. The van der Waals surface area contributed by atoms with Crippen LogP contribution in [0.25, 0.3) is 0 Å². The van der Waals surface area contributed by atoms with Crippen molar-refractivity contribution >= 4 is 28.8 Å². The fourth-order valence-corrected chi connectivity index (χ4v) is 1.51. The molecule has 0 saturated carbocycles. The standard InChI is InChI=1S/C12H18N4O2S/c1-8(12(17)15-5-6-18-2)16-9-3-4-14-10(7-9)11(13)19/h3-4,7-8H,5-6H2,1-2H3,(H2,13,19)(H,14,16)(H,15,17). The molecular weight excluding hydrogens is 264 g/mol. The summed E-state index contributed by atoms with van der Waals surface area (Å²) in [5.41, 5.74) is 6.77. The summed E-state index contributed by atoms with van der Waals surface area (Å²) in [6.45, 7) is 2.73. The summed E-state index contributed by atoms with van der Waals surface area (Å²) in [7, 11) is 1.59. The first-order valence-corrected chi connectivity index (χ1v) is 6.24. The maximum Gasteiger partial charge on any atom is 0.242 e. The number of nitrogens with two attached hydrogens (primary N) is 1. The van der Waals surface area contributed by atoms with Gasteiger partial charge >= 0.3 is 0 Å². The molecule has 1 rings (SSSR count). The number of carbonyl (C=O) groups excluding carboxylic acids is 1. The molecule has 1 heterocycles. The molecule has 0 spiro atoms. The second-order valence-electron chi connectivity index (χ2n) is 3.94. The van der Waals surface area contributed by atoms with Gasteiger partial charge in [0, 0.05) is 25.5 Å². The van der Waals surface area contributed by atoms with E-state index < -0.39 is 0 Å². The molecule has 0 aromatic carbocycles. The van der Waals surface area contributed by atoms with E-state index in [0.29, 0.717) is 18.8 Å². The molecule has 19 heavy (non-hydrogen) atoms. The predicted molar refractivity (Wildman–Crippen MR) is 78.1 cm³/mol. The van der Waals surface area contributed by atoms with Crippen LogP contribution in [0.15, 0.2) is 18.3 Å². The Bertz CT molecular complexity index is 453. The zero-order valence-corrected chi connectivity index (χ0v) is 11.8. The molecule has 1 atom stereocenters. The Kier molecular flexibility index (Phi) is 6.17. The van der Waals surface area contributed by atoms with Crippen LogP contribution in [0, 0.1) is 0 Å². The number of aromatic nitrogens is 1. The molecule has 0 saturated heterocycles. The number of carbonyl (C=O) groups is 1. The zero-order chi connectivity index (χ0) is 14.3. The van der Waals surface area contributed by atoms with Gasteiger partial charge in [0.25, 0.3) is 0 Å². The average Bonchev–Trinajstić information content (AvgIpc) is 2.39. The minimum absolute atomic E-state index is 0.106. The molecule has 1 amide bonds. The summed E-state index contributed by atoms with van der Waals surface area (Å²) in [5.74, 6) is -0.106. The van der Waals surface area contributed by atoms with Crippen LogP contribution < -0.4 is 16.4 Å². The summed E-state index contributed by atoms with van der Waals surface area (Å²) in [5, 5.41) is 5.80. The molecule has 0 bridgehead atoms. The first-order chi connectivity index (χ1) is 9.04. The second-order valence-corrected chi connectivity index (χ2v) is 4.38. The smallest absolute Gasteiger partial charge is 0.242 e. The van der Waals surface area contributed by atoms with E-state index in [9.17, 15) is 4.79 Å². The highest BCUT2D eigenvalue weighted by atomic mass is 32.1. The topological polar surface area (TPSA) is 89.3 Å². The largest absolute Gasteiger partial charge is 0.388 e. The van der Waals surface area contributed by atoms with E-state index in [4.69, 9.17) is 22.7 Å². The average molecular weight is 282 g/mol. The van der Waals surface area contributed by atoms with Crippen LogP contribution >= 0.6 is 12.2 Å². The lowest BCUT2D eigenvalue weighted by Gasteiger charge is -2.15. The fraction of sp³-hybridized carbons (Fsp3) is 0.417. The van der Waals surface area contributed by atoms with Crippen LogP contribution in [-0.4, -0.2) is 42.2 Å². The number of anilines is 1. The summed E-state index contributed by atoms with van der Waals surface area (Å²) in [6.07, 6.45) is 1.59. The number of thiocarbonyl (C=S) groups is 1. The first kappa shape index (κ1) is 15.3. The maximum atomic E-state index is 11.7. The van der Waals surface area contributed by atoms with Crippen LogP contribution in [0.2, 0.25) is 0 Å². The second kappa shape index (κ2) is 7.65. The van der Waals surface area contributed by atoms with E-state index in [0.717, 1.165) is 5.69 Å². The van der Waals surface area contributed by atoms with Crippen molar-refractivity contribution in [3.63, 3.8) is 0 Å². The molecule has 1 aromatic heterocycles. The molecule has 1 unspecified atom stereocenters. The number of methoxy groups -OCH3 is 1. The van der Waals surface area contributed by atoms with Crippen LogP contribution in [0.3, 0.4) is 0 Å².